The van der Waals surface area contributed by atoms with Gasteiger partial charge in [0.05, 0.1) is 0 Å². The molecule has 0 spiro atoms. The van der Waals surface area contributed by atoms with Gasteiger partial charge in [0, 0.05) is 15.8 Å². The van der Waals surface area contributed by atoms with E-state index in [1.165, 1.54) is 11.3 Å². The summed E-state index contributed by atoms with van der Waals surface area (Å²) in [5, 5.41) is 2.55. The van der Waals surface area contributed by atoms with Gasteiger partial charge >= 0.3 is 0 Å². The van der Waals surface area contributed by atoms with Crippen molar-refractivity contribution in [2.24, 2.45) is 0 Å². The van der Waals surface area contributed by atoms with Crippen LogP contribution in [0.1, 0.15) is 19.8 Å². The first-order valence-electron chi connectivity index (χ1n) is 4.82. The number of hydrogen-bond donors (Lipinski definition) is 1. The summed E-state index contributed by atoms with van der Waals surface area (Å²) in [6.07, 6.45) is 1.58. The fraction of sp³-hybridized carbons (Fsp3) is 0.556. The third kappa shape index (κ3) is 3.80. The Balaban J connectivity index is 2.83. The summed E-state index contributed by atoms with van der Waals surface area (Å²) in [6, 6.07) is 1.73. The Morgan fingerprint density at radius 2 is 2.25 bits per heavy atom. The van der Waals surface area contributed by atoms with Gasteiger partial charge in [-0.15, -0.1) is 11.3 Å². The van der Waals surface area contributed by atoms with Gasteiger partial charge in [0.1, 0.15) is 4.21 Å². The van der Waals surface area contributed by atoms with E-state index in [9.17, 15) is 8.42 Å². The normalized spacial score (nSPS) is 13.9. The second-order valence-corrected chi connectivity index (χ2v) is 7.73. The molecule has 0 aromatic carbocycles. The lowest BCUT2D eigenvalue weighted by atomic mass is 10.2. The fourth-order valence-corrected chi connectivity index (χ4v) is 5.48. The smallest absolute Gasteiger partial charge is 0.207 e. The summed E-state index contributed by atoms with van der Waals surface area (Å²) in [5.74, 6) is 0. The Bertz CT molecular complexity index is 430. The van der Waals surface area contributed by atoms with Crippen molar-refractivity contribution >= 4 is 53.2 Å². The van der Waals surface area contributed by atoms with Crippen LogP contribution in [0.25, 0.3) is 0 Å². The van der Waals surface area contributed by atoms with Gasteiger partial charge in [-0.3, -0.25) is 0 Å². The molecule has 7 heteroatoms. The van der Waals surface area contributed by atoms with Crippen LogP contribution in [0.4, 0.5) is 0 Å². The van der Waals surface area contributed by atoms with Gasteiger partial charge in [-0.05, 0) is 40.2 Å². The summed E-state index contributed by atoms with van der Waals surface area (Å²) in [6.45, 7) is 1.97. The molecule has 16 heavy (non-hydrogen) atoms. The molecule has 0 aliphatic carbocycles. The lowest BCUT2D eigenvalue weighted by molar-refractivity contribution is 0.534. The van der Waals surface area contributed by atoms with Crippen LogP contribution in [-0.2, 0) is 10.0 Å². The molecule has 0 radical (unpaired) electrons. The first-order chi connectivity index (χ1) is 7.51. The van der Waals surface area contributed by atoms with E-state index in [0.717, 1.165) is 18.2 Å². The van der Waals surface area contributed by atoms with Crippen molar-refractivity contribution in [2.75, 3.05) is 5.33 Å². The second-order valence-electron chi connectivity index (χ2n) is 3.26. The molecule has 1 atom stereocenters. The summed E-state index contributed by atoms with van der Waals surface area (Å²) >= 11 is 7.77. The van der Waals surface area contributed by atoms with Crippen LogP contribution < -0.4 is 4.72 Å². The maximum atomic E-state index is 12.0. The lowest BCUT2D eigenvalue weighted by Gasteiger charge is -2.15. The molecule has 0 aliphatic rings. The minimum atomic E-state index is -3.38. The van der Waals surface area contributed by atoms with Gasteiger partial charge in [0.2, 0.25) is 0 Å². The average molecular weight is 391 g/mol. The standard InChI is InChI=1S/C9H13Br2NO2S2/c1-2-7(3-5-10)12-16(13,14)9-8(11)4-6-15-9/h4,6-7,12H,2-3,5H2,1H3. The van der Waals surface area contributed by atoms with E-state index in [-0.39, 0.29) is 6.04 Å². The Labute approximate surface area is 117 Å². The summed E-state index contributed by atoms with van der Waals surface area (Å²) < 4.78 is 27.7. The van der Waals surface area contributed by atoms with E-state index in [2.05, 4.69) is 36.6 Å². The van der Waals surface area contributed by atoms with Crippen molar-refractivity contribution in [3.05, 3.63) is 15.9 Å². The van der Waals surface area contributed by atoms with E-state index in [1.807, 2.05) is 6.92 Å². The number of sulfonamides is 1. The largest absolute Gasteiger partial charge is 0.251 e. The highest BCUT2D eigenvalue weighted by Gasteiger charge is 2.22. The third-order valence-electron chi connectivity index (χ3n) is 2.10. The first kappa shape index (κ1) is 14.6. The van der Waals surface area contributed by atoms with E-state index in [1.54, 1.807) is 11.4 Å². The zero-order chi connectivity index (χ0) is 12.2. The molecule has 1 aromatic heterocycles. The molecule has 1 heterocycles. The molecular formula is C9H13Br2NO2S2. The van der Waals surface area contributed by atoms with Gasteiger partial charge in [0.25, 0.3) is 10.0 Å². The molecule has 0 saturated heterocycles. The van der Waals surface area contributed by atoms with Crippen molar-refractivity contribution in [2.45, 2.75) is 30.0 Å². The molecular weight excluding hydrogens is 378 g/mol. The number of halogens is 2. The van der Waals surface area contributed by atoms with Crippen LogP contribution in [0.3, 0.4) is 0 Å². The van der Waals surface area contributed by atoms with Gasteiger partial charge in [-0.25, -0.2) is 13.1 Å². The van der Waals surface area contributed by atoms with Crippen LogP contribution in [0.2, 0.25) is 0 Å². The number of nitrogens with one attached hydrogen (secondary N) is 1. The van der Waals surface area contributed by atoms with Crippen LogP contribution in [0.5, 0.6) is 0 Å². The average Bonchev–Trinajstić information content (AvgIpc) is 2.64. The predicted molar refractivity (Wildman–Crippen MR) is 74.8 cm³/mol. The molecule has 0 saturated carbocycles. The SMILES string of the molecule is CCC(CCBr)NS(=O)(=O)c1sccc1Br. The highest BCUT2D eigenvalue weighted by atomic mass is 79.9. The van der Waals surface area contributed by atoms with E-state index < -0.39 is 10.0 Å². The third-order valence-corrected chi connectivity index (χ3v) is 6.75. The summed E-state index contributed by atoms with van der Waals surface area (Å²) in [5.41, 5.74) is 0. The van der Waals surface area contributed by atoms with Crippen LogP contribution in [0, 0.1) is 0 Å². The maximum Gasteiger partial charge on any atom is 0.251 e. The molecule has 0 fully saturated rings. The molecule has 1 unspecified atom stereocenters. The molecule has 1 aromatic rings. The first-order valence-corrected chi connectivity index (χ1v) is 9.10. The van der Waals surface area contributed by atoms with E-state index in [0.29, 0.717) is 8.68 Å². The lowest BCUT2D eigenvalue weighted by Crippen LogP contribution is -2.34. The number of alkyl halides is 1. The quantitative estimate of drug-likeness (QED) is 0.757. The summed E-state index contributed by atoms with van der Waals surface area (Å²) in [7, 11) is -3.38. The number of rotatable bonds is 6. The van der Waals surface area contributed by atoms with Crippen molar-refractivity contribution in [1.82, 2.24) is 4.72 Å². The van der Waals surface area contributed by atoms with Gasteiger partial charge in [-0.1, -0.05) is 22.9 Å². The van der Waals surface area contributed by atoms with Gasteiger partial charge in [-0.2, -0.15) is 0 Å². The van der Waals surface area contributed by atoms with E-state index >= 15 is 0 Å². The Kier molecular flexibility index (Phi) is 5.93. The van der Waals surface area contributed by atoms with Crippen molar-refractivity contribution in [3.8, 4) is 0 Å². The highest BCUT2D eigenvalue weighted by molar-refractivity contribution is 9.10. The number of thiophene rings is 1. The zero-order valence-corrected chi connectivity index (χ0v) is 13.5. The number of hydrogen-bond acceptors (Lipinski definition) is 3. The van der Waals surface area contributed by atoms with Crippen LogP contribution in [-0.4, -0.2) is 19.8 Å². The molecule has 0 bridgehead atoms. The Morgan fingerprint density at radius 3 is 2.69 bits per heavy atom. The molecule has 0 aliphatic heterocycles. The molecule has 1 N–H and O–H groups in total. The second kappa shape index (κ2) is 6.49. The van der Waals surface area contributed by atoms with Crippen molar-refractivity contribution in [1.29, 1.82) is 0 Å². The van der Waals surface area contributed by atoms with Crippen LogP contribution in [0.15, 0.2) is 20.1 Å². The van der Waals surface area contributed by atoms with Crippen LogP contribution >= 0.6 is 43.2 Å². The molecule has 1 rings (SSSR count). The minimum Gasteiger partial charge on any atom is -0.207 e. The molecule has 0 amide bonds. The summed E-state index contributed by atoms with van der Waals surface area (Å²) in [4.78, 5) is 0. The van der Waals surface area contributed by atoms with Gasteiger partial charge < -0.3 is 0 Å². The molecule has 92 valence electrons. The van der Waals surface area contributed by atoms with Gasteiger partial charge in [0.15, 0.2) is 0 Å². The highest BCUT2D eigenvalue weighted by Crippen LogP contribution is 2.27. The molecule has 3 nitrogen and oxygen atoms in total. The Morgan fingerprint density at radius 1 is 1.56 bits per heavy atom. The monoisotopic (exact) mass is 389 g/mol. The zero-order valence-electron chi connectivity index (χ0n) is 8.74. The minimum absolute atomic E-state index is 0.0154. The van der Waals surface area contributed by atoms with Crippen molar-refractivity contribution in [3.63, 3.8) is 0 Å². The van der Waals surface area contributed by atoms with E-state index in [4.69, 9.17) is 0 Å². The topological polar surface area (TPSA) is 46.2 Å². The maximum absolute atomic E-state index is 12.0. The fourth-order valence-electron chi connectivity index (χ4n) is 1.22. The Hall–Kier alpha value is 0.570. The predicted octanol–water partition coefficient (Wildman–Crippen LogP) is 3.35. The van der Waals surface area contributed by atoms with Crippen molar-refractivity contribution < 1.29 is 8.42 Å².